The Morgan fingerprint density at radius 3 is 2.48 bits per heavy atom. The molecule has 0 saturated carbocycles. The van der Waals surface area contributed by atoms with E-state index in [-0.39, 0.29) is 11.5 Å². The average Bonchev–Trinajstić information content (AvgIpc) is 2.34. The summed E-state index contributed by atoms with van der Waals surface area (Å²) in [6, 6.07) is 1.83. The van der Waals surface area contributed by atoms with E-state index in [9.17, 15) is 23.3 Å². The molecule has 21 heavy (non-hydrogen) atoms. The lowest BCUT2D eigenvalue weighted by Gasteiger charge is -2.09. The molecule has 1 rings (SSSR count). The number of halogens is 1. The molecule has 1 amide bonds. The quantitative estimate of drug-likeness (QED) is 0.617. The van der Waals surface area contributed by atoms with Crippen LogP contribution >= 0.6 is 11.6 Å². The third-order valence-electron chi connectivity index (χ3n) is 2.46. The number of rotatable bonds is 5. The lowest BCUT2D eigenvalue weighted by atomic mass is 10.1. The van der Waals surface area contributed by atoms with Crippen LogP contribution in [0, 0.1) is 16.0 Å². The monoisotopic (exact) mass is 335 g/mol. The maximum atomic E-state index is 11.9. The van der Waals surface area contributed by atoms with Gasteiger partial charge in [0, 0.05) is 18.2 Å². The van der Waals surface area contributed by atoms with Gasteiger partial charge in [0.25, 0.3) is 11.6 Å². The van der Waals surface area contributed by atoms with Crippen LogP contribution in [0.2, 0.25) is 5.02 Å². The van der Waals surface area contributed by atoms with Gasteiger partial charge in [-0.15, -0.1) is 0 Å². The van der Waals surface area contributed by atoms with E-state index in [1.54, 1.807) is 0 Å². The molecular formula is C11H14ClN3O5S. The maximum Gasteiger partial charge on any atom is 0.290 e. The van der Waals surface area contributed by atoms with Crippen molar-refractivity contribution >= 4 is 33.2 Å². The number of nitrogens with one attached hydrogen (secondary N) is 1. The number of primary sulfonamides is 1. The van der Waals surface area contributed by atoms with Gasteiger partial charge in [0.05, 0.1) is 4.92 Å². The zero-order valence-corrected chi connectivity index (χ0v) is 12.9. The van der Waals surface area contributed by atoms with Gasteiger partial charge < -0.3 is 5.32 Å². The number of amides is 1. The van der Waals surface area contributed by atoms with Gasteiger partial charge in [-0.3, -0.25) is 14.9 Å². The third-order valence-corrected chi connectivity index (χ3v) is 3.90. The lowest BCUT2D eigenvalue weighted by Crippen LogP contribution is -2.27. The van der Waals surface area contributed by atoms with E-state index in [1.165, 1.54) is 0 Å². The van der Waals surface area contributed by atoms with Gasteiger partial charge in [-0.25, -0.2) is 13.6 Å². The maximum absolute atomic E-state index is 11.9. The summed E-state index contributed by atoms with van der Waals surface area (Å²) in [5.74, 6) is -0.484. The van der Waals surface area contributed by atoms with Gasteiger partial charge in [-0.05, 0) is 12.0 Å². The second-order valence-corrected chi connectivity index (χ2v) is 6.62. The summed E-state index contributed by atoms with van der Waals surface area (Å²) in [6.07, 6.45) is 0. The van der Waals surface area contributed by atoms with Crippen molar-refractivity contribution in [2.75, 3.05) is 6.54 Å². The Balaban J connectivity index is 3.38. The Labute approximate surface area is 126 Å². The molecule has 116 valence electrons. The van der Waals surface area contributed by atoms with Crippen LogP contribution in [0.3, 0.4) is 0 Å². The first kappa shape index (κ1) is 17.3. The lowest BCUT2D eigenvalue weighted by molar-refractivity contribution is -0.384. The van der Waals surface area contributed by atoms with Crippen LogP contribution < -0.4 is 10.5 Å². The van der Waals surface area contributed by atoms with Crippen LogP contribution in [0.15, 0.2) is 17.0 Å². The van der Waals surface area contributed by atoms with E-state index in [4.69, 9.17) is 16.7 Å². The summed E-state index contributed by atoms with van der Waals surface area (Å²) < 4.78 is 22.8. The molecule has 0 fully saturated rings. The Morgan fingerprint density at radius 1 is 1.48 bits per heavy atom. The molecule has 0 unspecified atom stereocenters. The van der Waals surface area contributed by atoms with E-state index >= 15 is 0 Å². The summed E-state index contributed by atoms with van der Waals surface area (Å²) in [7, 11) is -4.29. The minimum absolute atomic E-state index is 0.161. The highest BCUT2D eigenvalue weighted by atomic mass is 35.5. The van der Waals surface area contributed by atoms with E-state index in [0.717, 1.165) is 12.1 Å². The summed E-state index contributed by atoms with van der Waals surface area (Å²) in [5.41, 5.74) is -0.895. The van der Waals surface area contributed by atoms with Crippen molar-refractivity contribution in [3.05, 3.63) is 32.8 Å². The number of sulfonamides is 1. The molecular weight excluding hydrogens is 322 g/mol. The second kappa shape index (κ2) is 6.37. The van der Waals surface area contributed by atoms with Crippen LogP contribution in [0.4, 0.5) is 5.69 Å². The van der Waals surface area contributed by atoms with Gasteiger partial charge in [0.15, 0.2) is 0 Å². The smallest absolute Gasteiger partial charge is 0.290 e. The summed E-state index contributed by atoms with van der Waals surface area (Å²) >= 11 is 5.66. The Kier molecular flexibility index (Phi) is 5.26. The Bertz CT molecular complexity index is 687. The molecule has 0 saturated heterocycles. The molecule has 0 aliphatic heterocycles. The van der Waals surface area contributed by atoms with Crippen LogP contribution in [-0.2, 0) is 10.0 Å². The number of nitrogens with zero attached hydrogens (tertiary/aromatic N) is 1. The van der Waals surface area contributed by atoms with Crippen LogP contribution in [0.1, 0.15) is 24.2 Å². The number of benzene rings is 1. The molecule has 0 aromatic heterocycles. The summed E-state index contributed by atoms with van der Waals surface area (Å²) in [5, 5.41) is 17.7. The first-order valence-corrected chi connectivity index (χ1v) is 7.75. The second-order valence-electron chi connectivity index (χ2n) is 4.71. The molecule has 8 nitrogen and oxygen atoms in total. The molecule has 0 atom stereocenters. The molecule has 0 aliphatic carbocycles. The predicted octanol–water partition coefficient (Wildman–Crippen LogP) is 1.28. The number of hydrogen-bond acceptors (Lipinski definition) is 5. The summed E-state index contributed by atoms with van der Waals surface area (Å²) in [4.78, 5) is 21.3. The van der Waals surface area contributed by atoms with Gasteiger partial charge in [0.2, 0.25) is 10.0 Å². The topological polar surface area (TPSA) is 132 Å². The molecule has 1 aromatic carbocycles. The number of carbonyl (C=O) groups excluding carboxylic acids is 1. The van der Waals surface area contributed by atoms with Crippen molar-refractivity contribution in [3.63, 3.8) is 0 Å². The normalized spacial score (nSPS) is 11.5. The molecule has 0 aliphatic rings. The van der Waals surface area contributed by atoms with Crippen molar-refractivity contribution < 1.29 is 18.1 Å². The fourth-order valence-corrected chi connectivity index (χ4v) is 2.60. The highest BCUT2D eigenvalue weighted by Gasteiger charge is 2.26. The van der Waals surface area contributed by atoms with E-state index in [2.05, 4.69) is 5.32 Å². The van der Waals surface area contributed by atoms with Crippen molar-refractivity contribution in [1.82, 2.24) is 5.32 Å². The third kappa shape index (κ3) is 4.38. The molecule has 10 heteroatoms. The van der Waals surface area contributed by atoms with E-state index < -0.39 is 36.5 Å². The van der Waals surface area contributed by atoms with Crippen molar-refractivity contribution in [2.24, 2.45) is 11.1 Å². The van der Waals surface area contributed by atoms with Gasteiger partial charge in [-0.2, -0.15) is 0 Å². The SMILES string of the molecule is CC(C)CNC(=O)c1cc([N+](=O)[O-])c(Cl)c(S(N)(=O)=O)c1. The number of nitro groups is 1. The van der Waals surface area contributed by atoms with Crippen LogP contribution in [-0.4, -0.2) is 25.8 Å². The minimum atomic E-state index is -4.29. The first-order chi connectivity index (χ1) is 9.54. The van der Waals surface area contributed by atoms with E-state index in [0.29, 0.717) is 6.54 Å². The number of nitro benzene ring substituents is 1. The van der Waals surface area contributed by atoms with Crippen molar-refractivity contribution in [2.45, 2.75) is 18.7 Å². The molecule has 0 radical (unpaired) electrons. The van der Waals surface area contributed by atoms with Gasteiger partial charge in [-0.1, -0.05) is 25.4 Å². The number of hydrogen-bond donors (Lipinski definition) is 2. The Morgan fingerprint density at radius 2 is 2.05 bits per heavy atom. The Hall–Kier alpha value is -1.71. The van der Waals surface area contributed by atoms with Crippen LogP contribution in [0.25, 0.3) is 0 Å². The highest BCUT2D eigenvalue weighted by molar-refractivity contribution is 7.89. The van der Waals surface area contributed by atoms with Crippen molar-refractivity contribution in [1.29, 1.82) is 0 Å². The van der Waals surface area contributed by atoms with Crippen LogP contribution in [0.5, 0.6) is 0 Å². The average molecular weight is 336 g/mol. The molecule has 3 N–H and O–H groups in total. The standard InChI is InChI=1S/C11H14ClN3O5S/c1-6(2)5-14-11(16)7-3-8(15(17)18)10(12)9(4-7)21(13,19)20/h3-4,6H,5H2,1-2H3,(H,14,16)(H2,13,19,20). The number of nitrogens with two attached hydrogens (primary N) is 1. The predicted molar refractivity (Wildman–Crippen MR) is 76.7 cm³/mol. The number of carbonyl (C=O) groups is 1. The first-order valence-electron chi connectivity index (χ1n) is 5.83. The zero-order chi connectivity index (χ0) is 16.4. The molecule has 0 heterocycles. The minimum Gasteiger partial charge on any atom is -0.352 e. The fraction of sp³-hybridized carbons (Fsp3) is 0.364. The fourth-order valence-electron chi connectivity index (χ4n) is 1.45. The highest BCUT2D eigenvalue weighted by Crippen LogP contribution is 2.32. The van der Waals surface area contributed by atoms with Gasteiger partial charge in [0.1, 0.15) is 9.92 Å². The molecule has 0 spiro atoms. The molecule has 0 bridgehead atoms. The summed E-state index contributed by atoms with van der Waals surface area (Å²) in [6.45, 7) is 4.06. The van der Waals surface area contributed by atoms with Gasteiger partial charge >= 0.3 is 0 Å². The zero-order valence-electron chi connectivity index (χ0n) is 11.3. The van der Waals surface area contributed by atoms with E-state index in [1.807, 2.05) is 13.8 Å². The molecule has 1 aromatic rings. The van der Waals surface area contributed by atoms with Crippen molar-refractivity contribution in [3.8, 4) is 0 Å². The largest absolute Gasteiger partial charge is 0.352 e.